The number of amides is 1. The summed E-state index contributed by atoms with van der Waals surface area (Å²) in [5.41, 5.74) is 1.53. The van der Waals surface area contributed by atoms with E-state index in [4.69, 9.17) is 19.2 Å². The van der Waals surface area contributed by atoms with Crippen LogP contribution in [0, 0.1) is 5.92 Å². The Hall–Kier alpha value is -3.13. The number of carbonyl (C=O) groups is 2. The summed E-state index contributed by atoms with van der Waals surface area (Å²) < 4.78 is 17.8. The van der Waals surface area contributed by atoms with E-state index in [2.05, 4.69) is 11.4 Å². The number of esters is 1. The molecular formula is C25H26N2O5S. The molecular weight excluding hydrogens is 440 g/mol. The second-order valence-corrected chi connectivity index (χ2v) is 9.51. The third-order valence-corrected chi connectivity index (χ3v) is 7.34. The van der Waals surface area contributed by atoms with Crippen LogP contribution in [0.3, 0.4) is 0 Å². The van der Waals surface area contributed by atoms with Gasteiger partial charge in [0.15, 0.2) is 17.6 Å². The smallest absolute Gasteiger partial charge is 0.310 e. The summed E-state index contributed by atoms with van der Waals surface area (Å²) in [4.78, 5) is 30.6. The number of nitrogens with zero attached hydrogens (tertiary/aromatic N) is 1. The molecule has 0 radical (unpaired) electrons. The van der Waals surface area contributed by atoms with Crippen molar-refractivity contribution in [2.45, 2.75) is 44.6 Å². The van der Waals surface area contributed by atoms with Crippen molar-refractivity contribution in [3.63, 3.8) is 0 Å². The molecule has 1 aromatic heterocycles. The number of fused-ring (bicyclic) bond motifs is 2. The highest BCUT2D eigenvalue weighted by atomic mass is 32.1. The third-order valence-electron chi connectivity index (χ3n) is 6.17. The number of ether oxygens (including phenoxy) is 3. The molecule has 33 heavy (non-hydrogen) atoms. The minimum atomic E-state index is -0.913. The van der Waals surface area contributed by atoms with Gasteiger partial charge in [0.05, 0.1) is 21.1 Å². The number of nitrogens with one attached hydrogen (secondary N) is 1. The molecule has 1 N–H and O–H groups in total. The van der Waals surface area contributed by atoms with Gasteiger partial charge in [-0.3, -0.25) is 9.59 Å². The fraction of sp³-hybridized carbons (Fsp3) is 0.400. The van der Waals surface area contributed by atoms with E-state index in [-0.39, 0.29) is 23.7 Å². The molecule has 7 nitrogen and oxygen atoms in total. The Bertz CT molecular complexity index is 1140. The van der Waals surface area contributed by atoms with Crippen molar-refractivity contribution >= 4 is 39.1 Å². The van der Waals surface area contributed by atoms with Crippen LogP contribution in [0.1, 0.15) is 43.5 Å². The lowest BCUT2D eigenvalue weighted by Crippen LogP contribution is -2.35. The summed E-state index contributed by atoms with van der Waals surface area (Å²) in [5.74, 6) is 0.262. The second kappa shape index (κ2) is 9.39. The summed E-state index contributed by atoms with van der Waals surface area (Å²) >= 11 is 1.64. The van der Waals surface area contributed by atoms with Crippen LogP contribution in [0.5, 0.6) is 11.5 Å². The zero-order valence-electron chi connectivity index (χ0n) is 18.4. The van der Waals surface area contributed by atoms with E-state index in [0.29, 0.717) is 30.4 Å². The Morgan fingerprint density at radius 2 is 1.88 bits per heavy atom. The average Bonchev–Trinajstić information content (AvgIpc) is 3.28. The Morgan fingerprint density at radius 3 is 2.73 bits per heavy atom. The lowest BCUT2D eigenvalue weighted by molar-refractivity contribution is -0.159. The van der Waals surface area contributed by atoms with Crippen molar-refractivity contribution in [2.75, 3.05) is 18.5 Å². The highest BCUT2D eigenvalue weighted by molar-refractivity contribution is 7.18. The quantitative estimate of drug-likeness (QED) is 0.538. The first-order chi connectivity index (χ1) is 16.1. The minimum Gasteiger partial charge on any atom is -0.486 e. The van der Waals surface area contributed by atoms with E-state index in [1.54, 1.807) is 36.5 Å². The van der Waals surface area contributed by atoms with Gasteiger partial charge in [0.2, 0.25) is 0 Å². The Morgan fingerprint density at radius 1 is 1.09 bits per heavy atom. The Labute approximate surface area is 196 Å². The predicted molar refractivity (Wildman–Crippen MR) is 126 cm³/mol. The topological polar surface area (TPSA) is 86.8 Å². The highest BCUT2D eigenvalue weighted by Crippen LogP contribution is 2.41. The maximum atomic E-state index is 13.1. The SMILES string of the molecule is CC(OC(=O)C1CCCCC1c1nc2ccccc2s1)C(=O)Nc1ccc2c(c1)OCCO2. The van der Waals surface area contributed by atoms with Gasteiger partial charge < -0.3 is 19.5 Å². The Balaban J connectivity index is 1.24. The third kappa shape index (κ3) is 4.66. The minimum absolute atomic E-state index is 0.0247. The molecule has 5 rings (SSSR count). The first kappa shape index (κ1) is 21.7. The van der Waals surface area contributed by atoms with E-state index in [1.165, 1.54) is 0 Å². The number of aromatic nitrogens is 1. The van der Waals surface area contributed by atoms with Crippen molar-refractivity contribution in [3.05, 3.63) is 47.5 Å². The lowest BCUT2D eigenvalue weighted by Gasteiger charge is -2.29. The molecule has 1 aliphatic heterocycles. The number of hydrogen-bond donors (Lipinski definition) is 1. The van der Waals surface area contributed by atoms with Crippen molar-refractivity contribution < 1.29 is 23.8 Å². The molecule has 1 fully saturated rings. The van der Waals surface area contributed by atoms with Crippen LogP contribution in [-0.2, 0) is 14.3 Å². The zero-order chi connectivity index (χ0) is 22.8. The number of thiazole rings is 1. The van der Waals surface area contributed by atoms with Crippen molar-refractivity contribution in [1.29, 1.82) is 0 Å². The van der Waals surface area contributed by atoms with E-state index >= 15 is 0 Å². The molecule has 1 aliphatic carbocycles. The fourth-order valence-corrected chi connectivity index (χ4v) is 5.61. The molecule has 1 saturated carbocycles. The van der Waals surface area contributed by atoms with Gasteiger partial charge in [0.1, 0.15) is 13.2 Å². The lowest BCUT2D eigenvalue weighted by atomic mass is 9.79. The maximum absolute atomic E-state index is 13.1. The van der Waals surface area contributed by atoms with Gasteiger partial charge in [-0.05, 0) is 44.0 Å². The molecule has 172 valence electrons. The van der Waals surface area contributed by atoms with E-state index < -0.39 is 6.10 Å². The van der Waals surface area contributed by atoms with Crippen molar-refractivity contribution in [1.82, 2.24) is 4.98 Å². The van der Waals surface area contributed by atoms with Gasteiger partial charge in [0, 0.05) is 17.7 Å². The van der Waals surface area contributed by atoms with Crippen LogP contribution in [-0.4, -0.2) is 36.2 Å². The summed E-state index contributed by atoms with van der Waals surface area (Å²) in [6, 6.07) is 13.2. The number of anilines is 1. The van der Waals surface area contributed by atoms with E-state index in [0.717, 1.165) is 40.9 Å². The van der Waals surface area contributed by atoms with Crippen LogP contribution in [0.2, 0.25) is 0 Å². The number of hydrogen-bond acceptors (Lipinski definition) is 7. The monoisotopic (exact) mass is 466 g/mol. The molecule has 8 heteroatoms. The molecule has 0 spiro atoms. The van der Waals surface area contributed by atoms with Gasteiger partial charge in [-0.15, -0.1) is 11.3 Å². The first-order valence-electron chi connectivity index (χ1n) is 11.3. The summed E-state index contributed by atoms with van der Waals surface area (Å²) in [6.45, 7) is 2.57. The van der Waals surface area contributed by atoms with Crippen LogP contribution in [0.25, 0.3) is 10.2 Å². The zero-order valence-corrected chi connectivity index (χ0v) is 19.2. The largest absolute Gasteiger partial charge is 0.486 e. The highest BCUT2D eigenvalue weighted by Gasteiger charge is 2.36. The molecule has 0 saturated heterocycles. The van der Waals surface area contributed by atoms with Gasteiger partial charge in [-0.25, -0.2) is 4.98 Å². The maximum Gasteiger partial charge on any atom is 0.310 e. The number of carbonyl (C=O) groups excluding carboxylic acids is 2. The molecule has 3 unspecified atom stereocenters. The van der Waals surface area contributed by atoms with Crippen LogP contribution >= 0.6 is 11.3 Å². The fourth-order valence-electron chi connectivity index (χ4n) is 4.44. The average molecular weight is 467 g/mol. The number of rotatable bonds is 5. The second-order valence-electron chi connectivity index (χ2n) is 8.44. The van der Waals surface area contributed by atoms with Crippen molar-refractivity contribution in [2.24, 2.45) is 5.92 Å². The predicted octanol–water partition coefficient (Wildman–Crippen LogP) is 4.91. The summed E-state index contributed by atoms with van der Waals surface area (Å²) in [7, 11) is 0. The Kier molecular flexibility index (Phi) is 6.17. The van der Waals surface area contributed by atoms with Crippen LogP contribution in [0.4, 0.5) is 5.69 Å². The molecule has 1 amide bonds. The van der Waals surface area contributed by atoms with Gasteiger partial charge in [-0.2, -0.15) is 0 Å². The number of benzene rings is 2. The molecule has 2 aromatic carbocycles. The molecule has 2 heterocycles. The number of para-hydroxylation sites is 1. The molecule has 2 aliphatic rings. The van der Waals surface area contributed by atoms with Crippen molar-refractivity contribution in [3.8, 4) is 11.5 Å². The van der Waals surface area contributed by atoms with Gasteiger partial charge in [-0.1, -0.05) is 25.0 Å². The van der Waals surface area contributed by atoms with Crippen LogP contribution in [0.15, 0.2) is 42.5 Å². The standard InChI is InChI=1S/C25H26N2O5S/c1-15(23(28)26-16-10-11-20-21(14-16)31-13-12-30-20)32-25(29)18-7-3-2-6-17(18)24-27-19-8-4-5-9-22(19)33-24/h4-5,8-11,14-15,17-18H,2-3,6-7,12-13H2,1H3,(H,26,28). The molecule has 3 atom stereocenters. The van der Waals surface area contributed by atoms with Gasteiger partial charge >= 0.3 is 5.97 Å². The molecule has 3 aromatic rings. The molecule has 0 bridgehead atoms. The normalized spacial score (nSPS) is 20.8. The first-order valence-corrected chi connectivity index (χ1v) is 12.2. The van der Waals surface area contributed by atoms with Gasteiger partial charge in [0.25, 0.3) is 5.91 Å². The van der Waals surface area contributed by atoms with E-state index in [1.807, 2.05) is 18.2 Å². The van der Waals surface area contributed by atoms with Crippen LogP contribution < -0.4 is 14.8 Å². The summed E-state index contributed by atoms with van der Waals surface area (Å²) in [6.07, 6.45) is 2.76. The summed E-state index contributed by atoms with van der Waals surface area (Å²) in [5, 5.41) is 3.78. The van der Waals surface area contributed by atoms with E-state index in [9.17, 15) is 9.59 Å².